The Balaban J connectivity index is 4.04. The van der Waals surface area contributed by atoms with Gasteiger partial charge in [-0.15, -0.1) is 0 Å². The van der Waals surface area contributed by atoms with Crippen LogP contribution in [0.15, 0.2) is 0 Å². The van der Waals surface area contributed by atoms with E-state index < -0.39 is 0 Å². The van der Waals surface area contributed by atoms with Crippen molar-refractivity contribution in [2.75, 3.05) is 6.54 Å². The zero-order valence-electron chi connectivity index (χ0n) is 14.5. The summed E-state index contributed by atoms with van der Waals surface area (Å²) >= 11 is 0. The minimum Gasteiger partial charge on any atom is -0.392 e. The van der Waals surface area contributed by atoms with Gasteiger partial charge in [0.15, 0.2) is 0 Å². The maximum Gasteiger partial charge on any atom is 0.0692 e. The summed E-state index contributed by atoms with van der Waals surface area (Å²) < 4.78 is 0. The summed E-state index contributed by atoms with van der Waals surface area (Å²) in [6.07, 6.45) is 12.4. The van der Waals surface area contributed by atoms with Crippen LogP contribution in [0.5, 0.6) is 0 Å². The molecule has 0 amide bonds. The monoisotopic (exact) mass is 285 g/mol. The van der Waals surface area contributed by atoms with E-state index in [1.54, 1.807) is 0 Å². The first-order chi connectivity index (χ1) is 9.69. The van der Waals surface area contributed by atoms with E-state index in [-0.39, 0.29) is 6.10 Å². The van der Waals surface area contributed by atoms with Crippen LogP contribution in [0, 0.1) is 5.92 Å². The van der Waals surface area contributed by atoms with Crippen LogP contribution in [0.3, 0.4) is 0 Å². The summed E-state index contributed by atoms with van der Waals surface area (Å²) in [7, 11) is 0. The maximum absolute atomic E-state index is 10.2. The molecule has 2 heteroatoms. The number of nitrogens with one attached hydrogen (secondary N) is 1. The Morgan fingerprint density at radius 3 is 1.70 bits per heavy atom. The molecule has 0 saturated heterocycles. The third kappa shape index (κ3) is 9.77. The van der Waals surface area contributed by atoms with Crippen LogP contribution in [-0.4, -0.2) is 23.8 Å². The molecule has 0 aliphatic rings. The molecule has 2 nitrogen and oxygen atoms in total. The van der Waals surface area contributed by atoms with Crippen molar-refractivity contribution in [2.24, 2.45) is 5.92 Å². The molecule has 0 rings (SSSR count). The molecule has 0 heterocycles. The van der Waals surface area contributed by atoms with Crippen LogP contribution in [0.1, 0.15) is 91.9 Å². The van der Waals surface area contributed by atoms with Crippen molar-refractivity contribution in [1.29, 1.82) is 0 Å². The maximum atomic E-state index is 10.2. The number of rotatable bonds is 14. The molecular weight excluding hydrogens is 246 g/mol. The molecule has 122 valence electrons. The fourth-order valence-corrected chi connectivity index (χ4v) is 2.92. The molecule has 0 fully saturated rings. The van der Waals surface area contributed by atoms with Crippen molar-refractivity contribution < 1.29 is 5.11 Å². The van der Waals surface area contributed by atoms with E-state index in [4.69, 9.17) is 0 Å². The Kier molecular flexibility index (Phi) is 13.8. The molecule has 0 aromatic rings. The molecule has 0 aliphatic heterocycles. The molecular formula is C18H39NO. The van der Waals surface area contributed by atoms with E-state index >= 15 is 0 Å². The largest absolute Gasteiger partial charge is 0.392 e. The summed E-state index contributed by atoms with van der Waals surface area (Å²) in [6, 6.07) is 0.608. The molecule has 0 saturated carbocycles. The first-order valence-electron chi connectivity index (χ1n) is 9.10. The van der Waals surface area contributed by atoms with Gasteiger partial charge in [0.25, 0.3) is 0 Å². The van der Waals surface area contributed by atoms with Crippen molar-refractivity contribution >= 4 is 0 Å². The van der Waals surface area contributed by atoms with Gasteiger partial charge in [-0.3, -0.25) is 0 Å². The third-order valence-electron chi connectivity index (χ3n) is 4.52. The highest BCUT2D eigenvalue weighted by Crippen LogP contribution is 2.15. The van der Waals surface area contributed by atoms with Gasteiger partial charge in [-0.25, -0.2) is 0 Å². The van der Waals surface area contributed by atoms with Gasteiger partial charge in [0.05, 0.1) is 6.10 Å². The second kappa shape index (κ2) is 13.9. The van der Waals surface area contributed by atoms with Crippen molar-refractivity contribution in [1.82, 2.24) is 5.32 Å². The predicted octanol–water partition coefficient (Wildman–Crippen LogP) is 4.90. The lowest BCUT2D eigenvalue weighted by atomic mass is 9.95. The first-order valence-corrected chi connectivity index (χ1v) is 9.10. The third-order valence-corrected chi connectivity index (χ3v) is 4.52. The van der Waals surface area contributed by atoms with Crippen molar-refractivity contribution in [2.45, 2.75) is 104 Å². The summed E-state index contributed by atoms with van der Waals surface area (Å²) in [6.45, 7) is 9.65. The number of hydrogen-bond acceptors (Lipinski definition) is 2. The summed E-state index contributed by atoms with van der Waals surface area (Å²) in [5, 5.41) is 13.9. The normalized spacial score (nSPS) is 13.3. The average molecular weight is 286 g/mol. The van der Waals surface area contributed by atoms with E-state index in [1.165, 1.54) is 51.4 Å². The Bertz CT molecular complexity index is 182. The van der Waals surface area contributed by atoms with Crippen LogP contribution in [0.2, 0.25) is 0 Å². The minimum absolute atomic E-state index is 0.176. The standard InChI is InChI=1S/C18H39NO/c1-5-9-11-13-17(14-12-10-6-2)19-15-18(20)16(7-3)8-4/h16-20H,5-15H2,1-4H3. The number of aliphatic hydroxyl groups excluding tert-OH is 1. The molecule has 0 radical (unpaired) electrons. The van der Waals surface area contributed by atoms with E-state index in [0.717, 1.165) is 19.4 Å². The number of aliphatic hydroxyl groups is 1. The van der Waals surface area contributed by atoms with E-state index in [1.807, 2.05) is 0 Å². The van der Waals surface area contributed by atoms with E-state index in [2.05, 4.69) is 33.0 Å². The van der Waals surface area contributed by atoms with Crippen LogP contribution < -0.4 is 5.32 Å². The van der Waals surface area contributed by atoms with Gasteiger partial charge in [0, 0.05) is 12.6 Å². The second-order valence-corrected chi connectivity index (χ2v) is 6.24. The molecule has 20 heavy (non-hydrogen) atoms. The highest BCUT2D eigenvalue weighted by Gasteiger charge is 2.17. The van der Waals surface area contributed by atoms with Crippen LogP contribution in [0.25, 0.3) is 0 Å². The molecule has 2 N–H and O–H groups in total. The fourth-order valence-electron chi connectivity index (χ4n) is 2.92. The van der Waals surface area contributed by atoms with Gasteiger partial charge < -0.3 is 10.4 Å². The summed E-state index contributed by atoms with van der Waals surface area (Å²) in [4.78, 5) is 0. The first kappa shape index (κ1) is 19.9. The molecule has 0 bridgehead atoms. The summed E-state index contributed by atoms with van der Waals surface area (Å²) in [5.74, 6) is 0.453. The number of unbranched alkanes of at least 4 members (excludes halogenated alkanes) is 4. The van der Waals surface area contributed by atoms with Gasteiger partial charge in [-0.2, -0.15) is 0 Å². The van der Waals surface area contributed by atoms with Gasteiger partial charge in [0.2, 0.25) is 0 Å². The van der Waals surface area contributed by atoms with Gasteiger partial charge in [0.1, 0.15) is 0 Å². The lowest BCUT2D eigenvalue weighted by Crippen LogP contribution is -2.38. The molecule has 0 aromatic heterocycles. The molecule has 0 spiro atoms. The Morgan fingerprint density at radius 2 is 1.30 bits per heavy atom. The van der Waals surface area contributed by atoms with Gasteiger partial charge in [-0.1, -0.05) is 79.1 Å². The van der Waals surface area contributed by atoms with Gasteiger partial charge >= 0.3 is 0 Å². The molecule has 1 unspecified atom stereocenters. The topological polar surface area (TPSA) is 32.3 Å². The fraction of sp³-hybridized carbons (Fsp3) is 1.00. The Labute approximate surface area is 127 Å². The quantitative estimate of drug-likeness (QED) is 0.445. The lowest BCUT2D eigenvalue weighted by molar-refractivity contribution is 0.0972. The predicted molar refractivity (Wildman–Crippen MR) is 90.2 cm³/mol. The van der Waals surface area contributed by atoms with Crippen LogP contribution in [-0.2, 0) is 0 Å². The van der Waals surface area contributed by atoms with Crippen LogP contribution >= 0.6 is 0 Å². The Hall–Kier alpha value is -0.0800. The molecule has 0 aromatic carbocycles. The molecule has 0 aliphatic carbocycles. The number of hydrogen-bond donors (Lipinski definition) is 2. The lowest BCUT2D eigenvalue weighted by Gasteiger charge is -2.24. The summed E-state index contributed by atoms with van der Waals surface area (Å²) in [5.41, 5.74) is 0. The highest BCUT2D eigenvalue weighted by molar-refractivity contribution is 4.73. The van der Waals surface area contributed by atoms with Crippen molar-refractivity contribution in [3.05, 3.63) is 0 Å². The molecule has 1 atom stereocenters. The van der Waals surface area contributed by atoms with Crippen molar-refractivity contribution in [3.8, 4) is 0 Å². The second-order valence-electron chi connectivity index (χ2n) is 6.24. The zero-order chi connectivity index (χ0) is 15.2. The van der Waals surface area contributed by atoms with E-state index in [0.29, 0.717) is 12.0 Å². The smallest absolute Gasteiger partial charge is 0.0692 e. The van der Waals surface area contributed by atoms with Gasteiger partial charge in [-0.05, 0) is 18.8 Å². The van der Waals surface area contributed by atoms with Crippen molar-refractivity contribution in [3.63, 3.8) is 0 Å². The SMILES string of the molecule is CCCCCC(CCCCC)NCC(O)C(CC)CC. The zero-order valence-corrected chi connectivity index (χ0v) is 14.5. The van der Waals surface area contributed by atoms with Crippen LogP contribution in [0.4, 0.5) is 0 Å². The Morgan fingerprint density at radius 1 is 0.800 bits per heavy atom. The highest BCUT2D eigenvalue weighted by atomic mass is 16.3. The average Bonchev–Trinajstić information content (AvgIpc) is 2.45. The van der Waals surface area contributed by atoms with E-state index in [9.17, 15) is 5.11 Å². The minimum atomic E-state index is -0.176.